The Labute approximate surface area is 120 Å². The molecule has 1 aromatic heterocycles. The van der Waals surface area contributed by atoms with Crippen LogP contribution < -0.4 is 5.32 Å². The molecule has 0 aliphatic heterocycles. The molecule has 0 aliphatic rings. The van der Waals surface area contributed by atoms with Crippen molar-refractivity contribution in [1.82, 2.24) is 4.98 Å². The van der Waals surface area contributed by atoms with Gasteiger partial charge in [0, 0.05) is 11.1 Å². The fourth-order valence-corrected chi connectivity index (χ4v) is 2.54. The van der Waals surface area contributed by atoms with Crippen LogP contribution in [-0.4, -0.2) is 22.0 Å². The molecule has 0 saturated heterocycles. The normalized spacial score (nSPS) is 10.3. The number of aryl methyl sites for hydroxylation is 2. The van der Waals surface area contributed by atoms with Crippen molar-refractivity contribution in [2.75, 3.05) is 5.32 Å². The van der Waals surface area contributed by atoms with Gasteiger partial charge in [0.15, 0.2) is 5.69 Å². The van der Waals surface area contributed by atoms with Crippen molar-refractivity contribution in [1.29, 1.82) is 0 Å². The number of nitrogens with zero attached hydrogens (tertiary/aromatic N) is 1. The molecule has 0 spiro atoms. The maximum atomic E-state index is 11.9. The zero-order chi connectivity index (χ0) is 14.7. The molecule has 0 bridgehead atoms. The van der Waals surface area contributed by atoms with Gasteiger partial charge in [0.25, 0.3) is 0 Å². The number of hydrogen-bond donors (Lipinski definition) is 2. The fourth-order valence-electron chi connectivity index (χ4n) is 1.78. The van der Waals surface area contributed by atoms with Gasteiger partial charge < -0.3 is 10.4 Å². The third-order valence-corrected chi connectivity index (χ3v) is 3.59. The summed E-state index contributed by atoms with van der Waals surface area (Å²) >= 11 is 1.17. The van der Waals surface area contributed by atoms with Gasteiger partial charge in [-0.2, -0.15) is 0 Å². The number of amides is 1. The predicted molar refractivity (Wildman–Crippen MR) is 77.3 cm³/mol. The van der Waals surface area contributed by atoms with Crippen LogP contribution in [0.2, 0.25) is 0 Å². The van der Waals surface area contributed by atoms with Gasteiger partial charge >= 0.3 is 5.97 Å². The first kappa shape index (κ1) is 14.2. The number of anilines is 1. The number of aromatic nitrogens is 1. The summed E-state index contributed by atoms with van der Waals surface area (Å²) in [5.74, 6) is -1.29. The number of rotatable bonds is 4. The second-order valence-corrected chi connectivity index (χ2v) is 5.42. The van der Waals surface area contributed by atoms with E-state index in [-0.39, 0.29) is 18.0 Å². The SMILES string of the molecule is Cc1ccc(NC(=O)Cc2nc(C(=O)O)cs2)c(C)c1. The molecule has 5 nitrogen and oxygen atoms in total. The summed E-state index contributed by atoms with van der Waals surface area (Å²) in [6.45, 7) is 3.91. The molecule has 0 fully saturated rings. The van der Waals surface area contributed by atoms with Crippen molar-refractivity contribution in [2.24, 2.45) is 0 Å². The number of aromatic carboxylic acids is 1. The van der Waals surface area contributed by atoms with Crippen LogP contribution in [0, 0.1) is 13.8 Å². The smallest absolute Gasteiger partial charge is 0.355 e. The minimum absolute atomic E-state index is 0.0238. The van der Waals surface area contributed by atoms with Crippen LogP contribution in [-0.2, 0) is 11.2 Å². The highest BCUT2D eigenvalue weighted by molar-refractivity contribution is 7.09. The summed E-state index contributed by atoms with van der Waals surface area (Å²) in [7, 11) is 0. The molecule has 0 radical (unpaired) electrons. The summed E-state index contributed by atoms with van der Waals surface area (Å²) in [5, 5.41) is 13.5. The van der Waals surface area contributed by atoms with Gasteiger partial charge in [-0.1, -0.05) is 17.7 Å². The van der Waals surface area contributed by atoms with Gasteiger partial charge in [-0.15, -0.1) is 11.3 Å². The maximum absolute atomic E-state index is 11.9. The van der Waals surface area contributed by atoms with Crippen molar-refractivity contribution in [3.63, 3.8) is 0 Å². The third kappa shape index (κ3) is 3.42. The topological polar surface area (TPSA) is 79.3 Å². The second-order valence-electron chi connectivity index (χ2n) is 4.47. The Balaban J connectivity index is 2.03. The lowest BCUT2D eigenvalue weighted by Gasteiger charge is -2.08. The lowest BCUT2D eigenvalue weighted by Crippen LogP contribution is -2.15. The van der Waals surface area contributed by atoms with Crippen LogP contribution in [0.1, 0.15) is 26.6 Å². The molecule has 1 aromatic carbocycles. The highest BCUT2D eigenvalue weighted by Gasteiger charge is 2.12. The van der Waals surface area contributed by atoms with Crippen molar-refractivity contribution in [3.8, 4) is 0 Å². The van der Waals surface area contributed by atoms with E-state index in [1.165, 1.54) is 16.7 Å². The summed E-state index contributed by atoms with van der Waals surface area (Å²) in [6, 6.07) is 5.77. The fraction of sp³-hybridized carbons (Fsp3) is 0.214. The molecule has 20 heavy (non-hydrogen) atoms. The molecule has 104 valence electrons. The lowest BCUT2D eigenvalue weighted by molar-refractivity contribution is -0.115. The average Bonchev–Trinajstić information content (AvgIpc) is 2.81. The van der Waals surface area contributed by atoms with Gasteiger partial charge in [-0.25, -0.2) is 9.78 Å². The van der Waals surface area contributed by atoms with Crippen molar-refractivity contribution in [2.45, 2.75) is 20.3 Å². The number of nitrogens with one attached hydrogen (secondary N) is 1. The Morgan fingerprint density at radius 1 is 1.35 bits per heavy atom. The molecule has 2 rings (SSSR count). The summed E-state index contributed by atoms with van der Waals surface area (Å²) in [6.07, 6.45) is 0.0747. The number of benzene rings is 1. The summed E-state index contributed by atoms with van der Waals surface area (Å²) in [4.78, 5) is 26.5. The van der Waals surface area contributed by atoms with E-state index in [9.17, 15) is 9.59 Å². The molecule has 0 atom stereocenters. The molecule has 6 heteroatoms. The molecule has 0 unspecified atom stereocenters. The van der Waals surface area contributed by atoms with E-state index in [1.54, 1.807) is 0 Å². The largest absolute Gasteiger partial charge is 0.476 e. The number of carbonyl (C=O) groups excluding carboxylic acids is 1. The first-order valence-electron chi connectivity index (χ1n) is 6.00. The summed E-state index contributed by atoms with van der Waals surface area (Å²) < 4.78 is 0. The Morgan fingerprint density at radius 2 is 2.10 bits per heavy atom. The standard InChI is InChI=1S/C14H14N2O3S/c1-8-3-4-10(9(2)5-8)15-12(17)6-13-16-11(7-20-13)14(18)19/h3-5,7H,6H2,1-2H3,(H,15,17)(H,18,19). The second kappa shape index (κ2) is 5.83. The average molecular weight is 290 g/mol. The van der Waals surface area contributed by atoms with Crippen LogP contribution in [0.15, 0.2) is 23.6 Å². The first-order valence-corrected chi connectivity index (χ1v) is 6.88. The Kier molecular flexibility index (Phi) is 4.14. The zero-order valence-electron chi connectivity index (χ0n) is 11.1. The van der Waals surface area contributed by atoms with Gasteiger partial charge in [0.2, 0.25) is 5.91 Å². The van der Waals surface area contributed by atoms with E-state index >= 15 is 0 Å². The van der Waals surface area contributed by atoms with Crippen LogP contribution in [0.4, 0.5) is 5.69 Å². The van der Waals surface area contributed by atoms with Crippen molar-refractivity contribution >= 4 is 28.9 Å². The molecule has 1 amide bonds. The minimum atomic E-state index is -1.08. The van der Waals surface area contributed by atoms with Crippen molar-refractivity contribution < 1.29 is 14.7 Å². The van der Waals surface area contributed by atoms with Crippen LogP contribution in [0.5, 0.6) is 0 Å². The van der Waals surface area contributed by atoms with Gasteiger partial charge in [-0.3, -0.25) is 4.79 Å². The van der Waals surface area contributed by atoms with Crippen LogP contribution in [0.25, 0.3) is 0 Å². The highest BCUT2D eigenvalue weighted by atomic mass is 32.1. The number of carboxylic acids is 1. The molecular weight excluding hydrogens is 276 g/mol. The highest BCUT2D eigenvalue weighted by Crippen LogP contribution is 2.17. The quantitative estimate of drug-likeness (QED) is 0.907. The van der Waals surface area contributed by atoms with E-state index in [0.29, 0.717) is 5.01 Å². The summed E-state index contributed by atoms with van der Waals surface area (Å²) in [5.41, 5.74) is 2.86. The number of carboxylic acid groups (broad SMARTS) is 1. The monoisotopic (exact) mass is 290 g/mol. The Bertz CT molecular complexity index is 664. The van der Waals surface area contributed by atoms with E-state index in [0.717, 1.165) is 16.8 Å². The third-order valence-electron chi connectivity index (χ3n) is 2.74. The van der Waals surface area contributed by atoms with E-state index in [4.69, 9.17) is 5.11 Å². The zero-order valence-corrected chi connectivity index (χ0v) is 12.0. The molecule has 0 aliphatic carbocycles. The van der Waals surface area contributed by atoms with E-state index in [1.807, 2.05) is 32.0 Å². The maximum Gasteiger partial charge on any atom is 0.355 e. The molecule has 1 heterocycles. The van der Waals surface area contributed by atoms with Crippen LogP contribution in [0.3, 0.4) is 0 Å². The Morgan fingerprint density at radius 3 is 2.70 bits per heavy atom. The van der Waals surface area contributed by atoms with Crippen molar-refractivity contribution in [3.05, 3.63) is 45.4 Å². The Hall–Kier alpha value is -2.21. The van der Waals surface area contributed by atoms with Gasteiger partial charge in [-0.05, 0) is 25.5 Å². The molecule has 2 aromatic rings. The number of hydrogen-bond acceptors (Lipinski definition) is 4. The van der Waals surface area contributed by atoms with Gasteiger partial charge in [0.1, 0.15) is 5.01 Å². The molecule has 0 saturated carbocycles. The minimum Gasteiger partial charge on any atom is -0.476 e. The number of thiazole rings is 1. The molecule has 2 N–H and O–H groups in total. The first-order chi connectivity index (χ1) is 9.45. The lowest BCUT2D eigenvalue weighted by atomic mass is 10.1. The predicted octanol–water partition coefficient (Wildman–Crippen LogP) is 2.64. The van der Waals surface area contributed by atoms with Crippen LogP contribution >= 0.6 is 11.3 Å². The molecular formula is C14H14N2O3S. The van der Waals surface area contributed by atoms with E-state index < -0.39 is 5.97 Å². The van der Waals surface area contributed by atoms with Gasteiger partial charge in [0.05, 0.1) is 6.42 Å². The number of carbonyl (C=O) groups is 2. The van der Waals surface area contributed by atoms with E-state index in [2.05, 4.69) is 10.3 Å².